The Hall–Kier alpha value is -2.50. The lowest BCUT2D eigenvalue weighted by Gasteiger charge is -2.16. The number of aromatic nitrogens is 2. The van der Waals surface area contributed by atoms with Crippen molar-refractivity contribution in [3.63, 3.8) is 0 Å². The van der Waals surface area contributed by atoms with Crippen molar-refractivity contribution in [3.05, 3.63) is 57.7 Å². The number of benzene rings is 1. The molecule has 0 radical (unpaired) electrons. The Labute approximate surface area is 117 Å². The lowest BCUT2D eigenvalue weighted by atomic mass is 10.1. The third-order valence-corrected chi connectivity index (χ3v) is 3.11. The summed E-state index contributed by atoms with van der Waals surface area (Å²) in [5.74, 6) is 0. The Morgan fingerprint density at radius 1 is 1.25 bits per heavy atom. The van der Waals surface area contributed by atoms with Crippen LogP contribution in [0.1, 0.15) is 29.9 Å². The van der Waals surface area contributed by atoms with Crippen molar-refractivity contribution in [2.45, 2.75) is 26.8 Å². The van der Waals surface area contributed by atoms with E-state index >= 15 is 0 Å². The fourth-order valence-corrected chi connectivity index (χ4v) is 2.11. The summed E-state index contributed by atoms with van der Waals surface area (Å²) >= 11 is 0. The number of nitrogens with one attached hydrogen (secondary N) is 1. The zero-order chi connectivity index (χ0) is 14.7. The maximum atomic E-state index is 10.8. The zero-order valence-corrected chi connectivity index (χ0v) is 11.6. The minimum Gasteiger partial charge on any atom is -0.377 e. The van der Waals surface area contributed by atoms with E-state index in [1.54, 1.807) is 31.5 Å². The molecule has 1 N–H and O–H groups in total. The van der Waals surface area contributed by atoms with Crippen LogP contribution in [0.2, 0.25) is 0 Å². The molecule has 0 fully saturated rings. The molecule has 1 aromatic carbocycles. The number of rotatable bonds is 4. The van der Waals surface area contributed by atoms with Gasteiger partial charge >= 0.3 is 0 Å². The van der Waals surface area contributed by atoms with Gasteiger partial charge in [-0.1, -0.05) is 0 Å². The topological polar surface area (TPSA) is 81.0 Å². The molecule has 0 aliphatic heterocycles. The summed E-state index contributed by atoms with van der Waals surface area (Å²) in [6.45, 7) is 5.61. The fourth-order valence-electron chi connectivity index (χ4n) is 2.11. The van der Waals surface area contributed by atoms with E-state index in [-0.39, 0.29) is 16.7 Å². The maximum Gasteiger partial charge on any atom is 0.272 e. The highest BCUT2D eigenvalue weighted by Crippen LogP contribution is 2.24. The molecule has 0 spiro atoms. The molecule has 6 heteroatoms. The molecule has 2 aromatic rings. The number of nitro benzene ring substituents is 1. The second-order valence-corrected chi connectivity index (χ2v) is 4.65. The highest BCUT2D eigenvalue weighted by atomic mass is 16.6. The number of hydrogen-bond acceptors (Lipinski definition) is 5. The lowest BCUT2D eigenvalue weighted by Crippen LogP contribution is -2.11. The fraction of sp³-hybridized carbons (Fsp3) is 0.286. The second-order valence-electron chi connectivity index (χ2n) is 4.65. The van der Waals surface area contributed by atoms with Crippen LogP contribution in [0, 0.1) is 24.0 Å². The normalized spacial score (nSPS) is 11.9. The summed E-state index contributed by atoms with van der Waals surface area (Å²) in [4.78, 5) is 18.9. The van der Waals surface area contributed by atoms with Crippen LogP contribution in [0.5, 0.6) is 0 Å². The first-order chi connectivity index (χ1) is 9.49. The zero-order valence-electron chi connectivity index (χ0n) is 11.6. The van der Waals surface area contributed by atoms with Crippen LogP contribution in [0.4, 0.5) is 11.4 Å². The van der Waals surface area contributed by atoms with Crippen molar-refractivity contribution in [1.29, 1.82) is 0 Å². The lowest BCUT2D eigenvalue weighted by molar-refractivity contribution is -0.385. The predicted octanol–water partition coefficient (Wildman–Crippen LogP) is 3.17. The Balaban J connectivity index is 2.20. The Kier molecular flexibility index (Phi) is 3.93. The van der Waals surface area contributed by atoms with E-state index in [1.807, 2.05) is 13.8 Å². The molecule has 0 aliphatic rings. The molecular formula is C14H16N4O2. The Bertz CT molecular complexity index is 643. The first-order valence-corrected chi connectivity index (χ1v) is 6.28. The van der Waals surface area contributed by atoms with Crippen molar-refractivity contribution in [2.75, 3.05) is 5.32 Å². The second kappa shape index (κ2) is 5.64. The van der Waals surface area contributed by atoms with Crippen LogP contribution in [0.3, 0.4) is 0 Å². The molecule has 104 valence electrons. The van der Waals surface area contributed by atoms with Crippen LogP contribution in [-0.4, -0.2) is 14.9 Å². The molecule has 0 saturated heterocycles. The van der Waals surface area contributed by atoms with E-state index in [4.69, 9.17) is 0 Å². The van der Waals surface area contributed by atoms with Crippen molar-refractivity contribution in [2.24, 2.45) is 0 Å². The van der Waals surface area contributed by atoms with Gasteiger partial charge in [0.15, 0.2) is 0 Å². The van der Waals surface area contributed by atoms with Gasteiger partial charge in [-0.15, -0.1) is 0 Å². The molecule has 1 unspecified atom stereocenters. The summed E-state index contributed by atoms with van der Waals surface area (Å²) in [5, 5.41) is 14.1. The molecule has 0 aliphatic carbocycles. The smallest absolute Gasteiger partial charge is 0.272 e. The molecule has 2 rings (SSSR count). The standard InChI is InChI=1S/C14H16N4O2/c1-9-8-12(4-5-13(9)18(19)20)17-11(3)14-10(2)15-6-7-16-14/h4-8,11,17H,1-3H3. The first kappa shape index (κ1) is 13.9. The van der Waals surface area contributed by atoms with Crippen molar-refractivity contribution >= 4 is 11.4 Å². The molecule has 0 saturated carbocycles. The molecule has 1 aromatic heterocycles. The Morgan fingerprint density at radius 3 is 2.55 bits per heavy atom. The van der Waals surface area contributed by atoms with E-state index < -0.39 is 0 Å². The van der Waals surface area contributed by atoms with E-state index in [1.165, 1.54) is 6.07 Å². The molecule has 20 heavy (non-hydrogen) atoms. The minimum absolute atomic E-state index is 0.0236. The van der Waals surface area contributed by atoms with Gasteiger partial charge < -0.3 is 5.32 Å². The number of hydrogen-bond donors (Lipinski definition) is 1. The SMILES string of the molecule is Cc1cc(NC(C)c2nccnc2C)ccc1[N+](=O)[O-]. The van der Waals surface area contributed by atoms with Crippen LogP contribution in [0.15, 0.2) is 30.6 Å². The number of aryl methyl sites for hydroxylation is 2. The third kappa shape index (κ3) is 2.90. The number of nitrogens with zero attached hydrogens (tertiary/aromatic N) is 3. The largest absolute Gasteiger partial charge is 0.377 e. The molecule has 6 nitrogen and oxygen atoms in total. The quantitative estimate of drug-likeness (QED) is 0.683. The van der Waals surface area contributed by atoms with Crippen molar-refractivity contribution < 1.29 is 4.92 Å². The van der Waals surface area contributed by atoms with E-state index in [0.717, 1.165) is 17.1 Å². The van der Waals surface area contributed by atoms with Crippen molar-refractivity contribution in [1.82, 2.24) is 9.97 Å². The van der Waals surface area contributed by atoms with Gasteiger partial charge in [0.25, 0.3) is 5.69 Å². The van der Waals surface area contributed by atoms with Crippen LogP contribution in [0.25, 0.3) is 0 Å². The summed E-state index contributed by atoms with van der Waals surface area (Å²) in [6.07, 6.45) is 3.31. The van der Waals surface area contributed by atoms with E-state index in [0.29, 0.717) is 5.56 Å². The number of anilines is 1. The predicted molar refractivity (Wildman–Crippen MR) is 76.6 cm³/mol. The summed E-state index contributed by atoms with van der Waals surface area (Å²) in [7, 11) is 0. The van der Waals surface area contributed by atoms with Gasteiger partial charge in [0.2, 0.25) is 0 Å². The van der Waals surface area contributed by atoms with Crippen LogP contribution in [-0.2, 0) is 0 Å². The highest BCUT2D eigenvalue weighted by molar-refractivity contribution is 5.54. The first-order valence-electron chi connectivity index (χ1n) is 6.28. The summed E-state index contributed by atoms with van der Waals surface area (Å²) in [6, 6.07) is 4.95. The molecule has 1 heterocycles. The number of nitro groups is 1. The van der Waals surface area contributed by atoms with Crippen molar-refractivity contribution in [3.8, 4) is 0 Å². The highest BCUT2D eigenvalue weighted by Gasteiger charge is 2.13. The molecule has 0 amide bonds. The monoisotopic (exact) mass is 272 g/mol. The van der Waals surface area contributed by atoms with Gasteiger partial charge in [0.1, 0.15) is 0 Å². The van der Waals surface area contributed by atoms with Gasteiger partial charge in [0, 0.05) is 29.7 Å². The van der Waals surface area contributed by atoms with Gasteiger partial charge in [-0.25, -0.2) is 0 Å². The van der Waals surface area contributed by atoms with Crippen LogP contribution < -0.4 is 5.32 Å². The Morgan fingerprint density at radius 2 is 1.95 bits per heavy atom. The van der Waals surface area contributed by atoms with E-state index in [9.17, 15) is 10.1 Å². The molecule has 0 bridgehead atoms. The van der Waals surface area contributed by atoms with Gasteiger partial charge in [-0.05, 0) is 32.9 Å². The minimum atomic E-state index is -0.380. The van der Waals surface area contributed by atoms with E-state index in [2.05, 4.69) is 15.3 Å². The molecule has 1 atom stereocenters. The molecular weight excluding hydrogens is 256 g/mol. The maximum absolute atomic E-state index is 10.8. The average Bonchev–Trinajstić information content (AvgIpc) is 2.38. The summed E-state index contributed by atoms with van der Waals surface area (Å²) in [5.41, 5.74) is 3.31. The average molecular weight is 272 g/mol. The van der Waals surface area contributed by atoms with Gasteiger partial charge in [0.05, 0.1) is 22.4 Å². The van der Waals surface area contributed by atoms with Gasteiger partial charge in [-0.3, -0.25) is 20.1 Å². The third-order valence-electron chi connectivity index (χ3n) is 3.11. The van der Waals surface area contributed by atoms with Crippen LogP contribution >= 0.6 is 0 Å². The summed E-state index contributed by atoms with van der Waals surface area (Å²) < 4.78 is 0. The van der Waals surface area contributed by atoms with Gasteiger partial charge in [-0.2, -0.15) is 0 Å².